The molecule has 8 heteroatoms. The Morgan fingerprint density at radius 2 is 1.71 bits per heavy atom. The number of carbonyl (C=O) groups excluding carboxylic acids is 1. The highest BCUT2D eigenvalue weighted by atomic mass is 32.2. The van der Waals surface area contributed by atoms with Crippen molar-refractivity contribution in [2.24, 2.45) is 0 Å². The lowest BCUT2D eigenvalue weighted by Crippen LogP contribution is -2.30. The van der Waals surface area contributed by atoms with Crippen LogP contribution in [0.5, 0.6) is 0 Å². The molecule has 0 unspecified atom stereocenters. The molecule has 174 valence electrons. The average Bonchev–Trinajstić information content (AvgIpc) is 3.14. The van der Waals surface area contributed by atoms with Gasteiger partial charge in [-0.2, -0.15) is 0 Å². The maximum atomic E-state index is 13.6. The Labute approximate surface area is 216 Å². The van der Waals surface area contributed by atoms with E-state index in [2.05, 4.69) is 0 Å². The van der Waals surface area contributed by atoms with Crippen molar-refractivity contribution < 1.29 is 4.79 Å². The van der Waals surface area contributed by atoms with E-state index in [1.165, 1.54) is 27.9 Å². The van der Waals surface area contributed by atoms with E-state index in [4.69, 9.17) is 17.2 Å². The fourth-order valence-corrected chi connectivity index (χ4v) is 5.95. The Morgan fingerprint density at radius 3 is 2.46 bits per heavy atom. The molecule has 2 aromatic carbocycles. The maximum Gasteiger partial charge on any atom is 0.266 e. The molecule has 35 heavy (non-hydrogen) atoms. The minimum Gasteiger partial charge on any atom is -0.293 e. The summed E-state index contributed by atoms with van der Waals surface area (Å²) in [6.45, 7) is 2.42. The summed E-state index contributed by atoms with van der Waals surface area (Å²) in [5.74, 6) is -0.180. The molecule has 0 bridgehead atoms. The van der Waals surface area contributed by atoms with Crippen LogP contribution in [0.1, 0.15) is 16.7 Å². The van der Waals surface area contributed by atoms with E-state index in [0.29, 0.717) is 38.4 Å². The molecule has 3 heterocycles. The lowest BCUT2D eigenvalue weighted by atomic mass is 10.1. The highest BCUT2D eigenvalue weighted by molar-refractivity contribution is 8.26. The van der Waals surface area contributed by atoms with Crippen molar-refractivity contribution in [3.63, 3.8) is 0 Å². The molecule has 0 radical (unpaired) electrons. The summed E-state index contributed by atoms with van der Waals surface area (Å²) in [6, 6.07) is 23.5. The number of nitrogens with zero attached hydrogens (tertiary/aromatic N) is 3. The lowest BCUT2D eigenvalue weighted by molar-refractivity contribution is -0.122. The van der Waals surface area contributed by atoms with Crippen molar-refractivity contribution in [2.45, 2.75) is 23.3 Å². The first kappa shape index (κ1) is 23.5. The zero-order chi connectivity index (χ0) is 24.4. The molecule has 1 fully saturated rings. The van der Waals surface area contributed by atoms with Gasteiger partial charge in [-0.25, -0.2) is 4.98 Å². The fourth-order valence-electron chi connectivity index (χ4n) is 3.75. The second-order valence-corrected chi connectivity index (χ2v) is 10.8. The molecule has 1 aliphatic rings. The van der Waals surface area contributed by atoms with Crippen molar-refractivity contribution >= 4 is 57.7 Å². The molecule has 5 nitrogen and oxygen atoms in total. The second kappa shape index (κ2) is 10.2. The number of pyridine rings is 1. The Hall–Kier alpha value is -3.20. The fraction of sp³-hybridized carbons (Fsp3) is 0.111. The molecular formula is C27H21N3O2S3. The summed E-state index contributed by atoms with van der Waals surface area (Å²) in [7, 11) is 0. The number of benzene rings is 2. The highest BCUT2D eigenvalue weighted by Crippen LogP contribution is 2.35. The Balaban J connectivity index is 1.52. The molecule has 0 N–H and O–H groups in total. The van der Waals surface area contributed by atoms with Gasteiger partial charge < -0.3 is 0 Å². The van der Waals surface area contributed by atoms with Crippen LogP contribution >= 0.6 is 35.7 Å². The third kappa shape index (κ3) is 5.10. The van der Waals surface area contributed by atoms with Gasteiger partial charge in [0.1, 0.15) is 15.0 Å². The smallest absolute Gasteiger partial charge is 0.266 e. The molecule has 1 amide bonds. The molecule has 2 aromatic heterocycles. The van der Waals surface area contributed by atoms with Gasteiger partial charge in [-0.05, 0) is 48.7 Å². The minimum absolute atomic E-state index is 0.180. The number of hydrogen-bond acceptors (Lipinski definition) is 6. The number of rotatable bonds is 6. The van der Waals surface area contributed by atoms with Gasteiger partial charge >= 0.3 is 0 Å². The molecule has 1 aliphatic heterocycles. The number of hydrogen-bond donors (Lipinski definition) is 0. The molecule has 0 saturated carbocycles. The summed E-state index contributed by atoms with van der Waals surface area (Å²) >= 11 is 8.15. The van der Waals surface area contributed by atoms with Gasteiger partial charge in [0.15, 0.2) is 0 Å². The molecule has 4 aromatic rings. The van der Waals surface area contributed by atoms with Crippen LogP contribution in [-0.2, 0) is 11.2 Å². The van der Waals surface area contributed by atoms with Crippen LogP contribution in [0, 0.1) is 6.92 Å². The standard InChI is InChI=1S/C27H21N3O2S3/c1-18-12-13-23-28-24(34-20-10-6-3-7-11-20)21(25(31)30(23)17-18)16-22-26(32)29(27(33)35-22)15-14-19-8-4-2-5-9-19/h2-13,16-17H,14-15H2,1H3. The molecule has 0 aliphatic carbocycles. The quantitative estimate of drug-likeness (QED) is 0.189. The summed E-state index contributed by atoms with van der Waals surface area (Å²) in [5.41, 5.74) is 2.81. The molecular weight excluding hydrogens is 495 g/mol. The summed E-state index contributed by atoms with van der Waals surface area (Å²) in [6.07, 6.45) is 4.12. The number of aromatic nitrogens is 2. The first-order valence-corrected chi connectivity index (χ1v) is 13.1. The number of amides is 1. The van der Waals surface area contributed by atoms with Crippen LogP contribution in [0.2, 0.25) is 0 Å². The average molecular weight is 516 g/mol. The van der Waals surface area contributed by atoms with Gasteiger partial charge in [-0.15, -0.1) is 0 Å². The third-order valence-electron chi connectivity index (χ3n) is 5.54. The lowest BCUT2D eigenvalue weighted by Gasteiger charge is -2.14. The van der Waals surface area contributed by atoms with E-state index in [1.807, 2.05) is 79.7 Å². The van der Waals surface area contributed by atoms with E-state index in [0.717, 1.165) is 16.0 Å². The zero-order valence-electron chi connectivity index (χ0n) is 18.9. The van der Waals surface area contributed by atoms with Crippen LogP contribution in [0.15, 0.2) is 98.6 Å². The summed E-state index contributed by atoms with van der Waals surface area (Å²) in [4.78, 5) is 34.6. The first-order chi connectivity index (χ1) is 17.0. The first-order valence-electron chi connectivity index (χ1n) is 11.0. The van der Waals surface area contributed by atoms with E-state index < -0.39 is 0 Å². The van der Waals surface area contributed by atoms with E-state index in [-0.39, 0.29) is 11.5 Å². The van der Waals surface area contributed by atoms with E-state index in [9.17, 15) is 9.59 Å². The Kier molecular flexibility index (Phi) is 6.86. The van der Waals surface area contributed by atoms with Gasteiger partial charge in [0.25, 0.3) is 11.5 Å². The number of fused-ring (bicyclic) bond motifs is 1. The molecule has 0 atom stereocenters. The molecule has 5 rings (SSSR count). The Morgan fingerprint density at radius 1 is 1.00 bits per heavy atom. The van der Waals surface area contributed by atoms with Crippen LogP contribution < -0.4 is 5.56 Å². The number of aryl methyl sites for hydroxylation is 1. The molecule has 0 spiro atoms. The van der Waals surface area contributed by atoms with Gasteiger partial charge in [0.05, 0.1) is 10.5 Å². The van der Waals surface area contributed by atoms with Crippen molar-refractivity contribution in [3.05, 3.63) is 111 Å². The van der Waals surface area contributed by atoms with Crippen molar-refractivity contribution in [2.75, 3.05) is 6.54 Å². The van der Waals surface area contributed by atoms with Gasteiger partial charge in [-0.1, -0.05) is 90.3 Å². The maximum absolute atomic E-state index is 13.6. The van der Waals surface area contributed by atoms with Crippen molar-refractivity contribution in [1.82, 2.24) is 14.3 Å². The monoisotopic (exact) mass is 515 g/mol. The normalized spacial score (nSPS) is 14.9. The highest BCUT2D eigenvalue weighted by Gasteiger charge is 2.32. The summed E-state index contributed by atoms with van der Waals surface area (Å²) < 4.78 is 2.03. The zero-order valence-corrected chi connectivity index (χ0v) is 21.3. The number of thioether (sulfide) groups is 1. The Bertz CT molecular complexity index is 1520. The largest absolute Gasteiger partial charge is 0.293 e. The van der Waals surface area contributed by atoms with Crippen LogP contribution in [0.4, 0.5) is 0 Å². The van der Waals surface area contributed by atoms with Crippen LogP contribution in [0.25, 0.3) is 11.7 Å². The predicted molar refractivity (Wildman–Crippen MR) is 147 cm³/mol. The second-order valence-electron chi connectivity index (χ2n) is 8.05. The van der Waals surface area contributed by atoms with Crippen molar-refractivity contribution in [1.29, 1.82) is 0 Å². The van der Waals surface area contributed by atoms with Crippen LogP contribution in [-0.4, -0.2) is 31.1 Å². The minimum atomic E-state index is -0.216. The third-order valence-corrected chi connectivity index (χ3v) is 7.93. The predicted octanol–water partition coefficient (Wildman–Crippen LogP) is 5.60. The van der Waals surface area contributed by atoms with Gasteiger partial charge in [0.2, 0.25) is 0 Å². The van der Waals surface area contributed by atoms with E-state index in [1.54, 1.807) is 17.2 Å². The van der Waals surface area contributed by atoms with Gasteiger partial charge in [0, 0.05) is 17.6 Å². The van der Waals surface area contributed by atoms with E-state index >= 15 is 0 Å². The van der Waals surface area contributed by atoms with Gasteiger partial charge in [-0.3, -0.25) is 18.9 Å². The topological polar surface area (TPSA) is 54.7 Å². The number of thiocarbonyl (C=S) groups is 1. The number of carbonyl (C=O) groups is 1. The molecule has 1 saturated heterocycles. The SMILES string of the molecule is Cc1ccc2nc(Sc3ccccc3)c(C=C3SC(=S)N(CCc4ccccc4)C3=O)c(=O)n2c1. The van der Waals surface area contributed by atoms with Crippen LogP contribution in [0.3, 0.4) is 0 Å². The van der Waals surface area contributed by atoms with Crippen molar-refractivity contribution in [3.8, 4) is 0 Å². The summed E-state index contributed by atoms with van der Waals surface area (Å²) in [5, 5.41) is 0.555.